The van der Waals surface area contributed by atoms with Gasteiger partial charge in [0.05, 0.1) is 10.5 Å². The maximum absolute atomic E-state index is 6.12. The number of rotatable bonds is 2. The van der Waals surface area contributed by atoms with Crippen LogP contribution in [0, 0.1) is 5.92 Å². The van der Waals surface area contributed by atoms with Crippen molar-refractivity contribution >= 4 is 22.5 Å². The van der Waals surface area contributed by atoms with Crippen molar-refractivity contribution in [2.24, 2.45) is 5.92 Å². The van der Waals surface area contributed by atoms with Crippen LogP contribution < -0.4 is 0 Å². The van der Waals surface area contributed by atoms with E-state index in [9.17, 15) is 0 Å². The summed E-state index contributed by atoms with van der Waals surface area (Å²) in [7, 11) is 0. The Hall–Kier alpha value is -0.950. The Morgan fingerprint density at radius 2 is 1.93 bits per heavy atom. The van der Waals surface area contributed by atoms with E-state index in [-0.39, 0.29) is 0 Å². The normalized spacial score (nSPS) is 13.7. The van der Waals surface area contributed by atoms with Gasteiger partial charge in [0.2, 0.25) is 0 Å². The first-order chi connectivity index (χ1) is 7.11. The summed E-state index contributed by atoms with van der Waals surface area (Å²) in [5.74, 6) is 1.19. The highest BCUT2D eigenvalue weighted by atomic mass is 35.5. The van der Waals surface area contributed by atoms with Gasteiger partial charge in [0.25, 0.3) is 0 Å². The fourth-order valence-corrected chi connectivity index (χ4v) is 2.10. The molecule has 15 heavy (non-hydrogen) atoms. The molecule has 0 spiro atoms. The molecule has 2 aromatic rings. The molecule has 0 bridgehead atoms. The molecule has 1 N–H and O–H groups in total. The van der Waals surface area contributed by atoms with E-state index in [1.54, 1.807) is 0 Å². The van der Waals surface area contributed by atoms with Crippen LogP contribution in [0.5, 0.6) is 0 Å². The van der Waals surface area contributed by atoms with Gasteiger partial charge in [-0.1, -0.05) is 44.5 Å². The Kier molecular flexibility index (Phi) is 2.74. The molecule has 1 aromatic heterocycles. The summed E-state index contributed by atoms with van der Waals surface area (Å²) in [6, 6.07) is 6.06. The number of fused-ring (bicyclic) bond motifs is 1. The number of hydrogen-bond acceptors (Lipinski definition) is 0. The van der Waals surface area contributed by atoms with E-state index >= 15 is 0 Å². The summed E-state index contributed by atoms with van der Waals surface area (Å²) >= 11 is 6.12. The van der Waals surface area contributed by atoms with Crippen LogP contribution in [0.2, 0.25) is 5.02 Å². The van der Waals surface area contributed by atoms with Crippen molar-refractivity contribution in [3.05, 3.63) is 35.0 Å². The highest BCUT2D eigenvalue weighted by Crippen LogP contribution is 2.32. The Morgan fingerprint density at radius 1 is 1.20 bits per heavy atom. The molecule has 0 radical (unpaired) electrons. The highest BCUT2D eigenvalue weighted by molar-refractivity contribution is 6.35. The van der Waals surface area contributed by atoms with Crippen LogP contribution in [-0.2, 0) is 0 Å². The third-order valence-electron chi connectivity index (χ3n) is 3.19. The van der Waals surface area contributed by atoms with Crippen LogP contribution in [0.4, 0.5) is 0 Å². The van der Waals surface area contributed by atoms with Crippen LogP contribution >= 0.6 is 11.6 Å². The Bertz CT molecular complexity index is 470. The standard InChI is InChI=1S/C13H16ClN/c1-8(2)9(3)11-7-15-13-10(11)5-4-6-12(13)14/h4-9,15H,1-3H3. The Morgan fingerprint density at radius 3 is 2.60 bits per heavy atom. The lowest BCUT2D eigenvalue weighted by atomic mass is 9.90. The van der Waals surface area contributed by atoms with E-state index in [2.05, 4.69) is 38.0 Å². The average molecular weight is 222 g/mol. The van der Waals surface area contributed by atoms with Crippen molar-refractivity contribution in [2.75, 3.05) is 0 Å². The molecule has 1 aromatic carbocycles. The third-order valence-corrected chi connectivity index (χ3v) is 3.50. The van der Waals surface area contributed by atoms with Crippen LogP contribution in [0.25, 0.3) is 10.9 Å². The predicted octanol–water partition coefficient (Wildman–Crippen LogP) is 4.58. The van der Waals surface area contributed by atoms with Crippen LogP contribution in [-0.4, -0.2) is 4.98 Å². The highest BCUT2D eigenvalue weighted by Gasteiger charge is 2.15. The second kappa shape index (κ2) is 3.90. The lowest BCUT2D eigenvalue weighted by Crippen LogP contribution is -2.00. The minimum atomic E-state index is 0.553. The minimum Gasteiger partial charge on any atom is -0.360 e. The van der Waals surface area contributed by atoms with Crippen molar-refractivity contribution in [3.8, 4) is 0 Å². The maximum Gasteiger partial charge on any atom is 0.0647 e. The largest absolute Gasteiger partial charge is 0.360 e. The molecular weight excluding hydrogens is 206 g/mol. The van der Waals surface area contributed by atoms with Gasteiger partial charge >= 0.3 is 0 Å². The minimum absolute atomic E-state index is 0.553. The molecule has 0 aliphatic heterocycles. The SMILES string of the molecule is CC(C)C(C)c1c[nH]c2c(Cl)cccc12. The molecule has 0 amide bonds. The molecule has 1 heterocycles. The van der Waals surface area contributed by atoms with E-state index < -0.39 is 0 Å². The van der Waals surface area contributed by atoms with Gasteiger partial charge in [-0.05, 0) is 23.5 Å². The molecule has 80 valence electrons. The summed E-state index contributed by atoms with van der Waals surface area (Å²) < 4.78 is 0. The van der Waals surface area contributed by atoms with Gasteiger partial charge in [-0.3, -0.25) is 0 Å². The van der Waals surface area contributed by atoms with Crippen LogP contribution in [0.3, 0.4) is 0 Å². The van der Waals surface area contributed by atoms with E-state index in [1.807, 2.05) is 12.1 Å². The quantitative estimate of drug-likeness (QED) is 0.764. The monoisotopic (exact) mass is 221 g/mol. The molecule has 0 aliphatic carbocycles. The number of hydrogen-bond donors (Lipinski definition) is 1. The molecule has 0 saturated carbocycles. The van der Waals surface area contributed by atoms with Crippen molar-refractivity contribution < 1.29 is 0 Å². The number of halogens is 1. The van der Waals surface area contributed by atoms with E-state index in [4.69, 9.17) is 11.6 Å². The maximum atomic E-state index is 6.12. The van der Waals surface area contributed by atoms with Gasteiger partial charge in [-0.15, -0.1) is 0 Å². The zero-order valence-corrected chi connectivity index (χ0v) is 10.1. The van der Waals surface area contributed by atoms with Gasteiger partial charge in [0, 0.05) is 11.6 Å². The zero-order valence-electron chi connectivity index (χ0n) is 9.34. The number of H-pyrrole nitrogens is 1. The molecule has 0 fully saturated rings. The lowest BCUT2D eigenvalue weighted by Gasteiger charge is -2.14. The summed E-state index contributed by atoms with van der Waals surface area (Å²) in [5, 5.41) is 2.05. The van der Waals surface area contributed by atoms with Crippen molar-refractivity contribution in [2.45, 2.75) is 26.7 Å². The molecule has 1 unspecified atom stereocenters. The van der Waals surface area contributed by atoms with E-state index in [0.29, 0.717) is 11.8 Å². The van der Waals surface area contributed by atoms with Crippen molar-refractivity contribution in [1.29, 1.82) is 0 Å². The molecule has 1 atom stereocenters. The van der Waals surface area contributed by atoms with Crippen LogP contribution in [0.1, 0.15) is 32.3 Å². The Labute approximate surface area is 95.5 Å². The molecule has 1 nitrogen and oxygen atoms in total. The first kappa shape index (κ1) is 10.6. The number of aromatic amines is 1. The van der Waals surface area contributed by atoms with E-state index in [0.717, 1.165) is 10.5 Å². The fraction of sp³-hybridized carbons (Fsp3) is 0.385. The van der Waals surface area contributed by atoms with Gasteiger partial charge in [-0.25, -0.2) is 0 Å². The Balaban J connectivity index is 2.59. The first-order valence-corrected chi connectivity index (χ1v) is 5.74. The topological polar surface area (TPSA) is 15.8 Å². The van der Waals surface area contributed by atoms with Crippen molar-refractivity contribution in [1.82, 2.24) is 4.98 Å². The molecule has 2 rings (SSSR count). The molecule has 0 saturated heterocycles. The second-order valence-electron chi connectivity index (χ2n) is 4.44. The van der Waals surface area contributed by atoms with Crippen LogP contribution in [0.15, 0.2) is 24.4 Å². The number of aromatic nitrogens is 1. The molecule has 0 aliphatic rings. The summed E-state index contributed by atoms with van der Waals surface area (Å²) in [4.78, 5) is 3.26. The van der Waals surface area contributed by atoms with Gasteiger partial charge < -0.3 is 4.98 Å². The smallest absolute Gasteiger partial charge is 0.0647 e. The average Bonchev–Trinajstić information content (AvgIpc) is 2.61. The van der Waals surface area contributed by atoms with Gasteiger partial charge in [-0.2, -0.15) is 0 Å². The van der Waals surface area contributed by atoms with Gasteiger partial charge in [0.1, 0.15) is 0 Å². The number of nitrogens with one attached hydrogen (secondary N) is 1. The summed E-state index contributed by atoms with van der Waals surface area (Å²) in [6.07, 6.45) is 2.08. The lowest BCUT2D eigenvalue weighted by molar-refractivity contribution is 0.538. The summed E-state index contributed by atoms with van der Waals surface area (Å²) in [5.41, 5.74) is 2.42. The van der Waals surface area contributed by atoms with Gasteiger partial charge in [0.15, 0.2) is 0 Å². The second-order valence-corrected chi connectivity index (χ2v) is 4.85. The summed E-state index contributed by atoms with van der Waals surface area (Å²) in [6.45, 7) is 6.75. The zero-order chi connectivity index (χ0) is 11.0. The number of benzene rings is 1. The fourth-order valence-electron chi connectivity index (χ4n) is 1.87. The van der Waals surface area contributed by atoms with Crippen molar-refractivity contribution in [3.63, 3.8) is 0 Å². The molecular formula is C13H16ClN. The predicted molar refractivity (Wildman–Crippen MR) is 66.6 cm³/mol. The first-order valence-electron chi connectivity index (χ1n) is 5.36. The van der Waals surface area contributed by atoms with E-state index in [1.165, 1.54) is 10.9 Å². The third kappa shape index (κ3) is 1.76. The number of para-hydroxylation sites is 1. The molecule has 2 heteroatoms.